The van der Waals surface area contributed by atoms with Gasteiger partial charge in [0, 0.05) is 18.3 Å². The highest BCUT2D eigenvalue weighted by atomic mass is 19.4. The zero-order valence-electron chi connectivity index (χ0n) is 13.1. The van der Waals surface area contributed by atoms with Gasteiger partial charge in [0.25, 0.3) is 0 Å². The van der Waals surface area contributed by atoms with E-state index in [-0.39, 0.29) is 17.9 Å². The SMILES string of the molecule is CNc1cccc(C(F)(F)F)c1COc1cc(C)c(O)cc1C. The summed E-state index contributed by atoms with van der Waals surface area (Å²) in [5.74, 6) is 0.570. The van der Waals surface area contributed by atoms with Gasteiger partial charge in [0.2, 0.25) is 0 Å². The summed E-state index contributed by atoms with van der Waals surface area (Å²) in [4.78, 5) is 0. The predicted octanol–water partition coefficient (Wildman–Crippen LogP) is 4.65. The van der Waals surface area contributed by atoms with Gasteiger partial charge in [-0.05, 0) is 49.2 Å². The van der Waals surface area contributed by atoms with E-state index in [9.17, 15) is 18.3 Å². The number of anilines is 1. The summed E-state index contributed by atoms with van der Waals surface area (Å²) in [6, 6.07) is 7.10. The summed E-state index contributed by atoms with van der Waals surface area (Å²) in [6.07, 6.45) is -4.45. The van der Waals surface area contributed by atoms with Gasteiger partial charge < -0.3 is 15.2 Å². The van der Waals surface area contributed by atoms with Crippen molar-refractivity contribution >= 4 is 5.69 Å². The number of aryl methyl sites for hydroxylation is 2. The number of halogens is 3. The van der Waals surface area contributed by atoms with Crippen molar-refractivity contribution in [3.05, 3.63) is 52.6 Å². The Labute approximate surface area is 132 Å². The molecule has 124 valence electrons. The van der Waals surface area contributed by atoms with Crippen molar-refractivity contribution in [2.45, 2.75) is 26.6 Å². The van der Waals surface area contributed by atoms with Crippen molar-refractivity contribution < 1.29 is 23.0 Å². The minimum absolute atomic E-state index is 0.0487. The fourth-order valence-electron chi connectivity index (χ4n) is 2.32. The third kappa shape index (κ3) is 3.70. The highest BCUT2D eigenvalue weighted by Crippen LogP contribution is 2.36. The van der Waals surface area contributed by atoms with E-state index in [4.69, 9.17) is 4.74 Å². The molecule has 23 heavy (non-hydrogen) atoms. The Morgan fingerprint density at radius 3 is 2.43 bits per heavy atom. The molecule has 0 aromatic heterocycles. The average Bonchev–Trinajstić information content (AvgIpc) is 2.48. The van der Waals surface area contributed by atoms with Crippen LogP contribution < -0.4 is 10.1 Å². The van der Waals surface area contributed by atoms with Crippen molar-refractivity contribution in [3.8, 4) is 11.5 Å². The zero-order chi connectivity index (χ0) is 17.2. The highest BCUT2D eigenvalue weighted by molar-refractivity contribution is 5.55. The Kier molecular flexibility index (Phi) is 4.73. The molecule has 2 aromatic rings. The van der Waals surface area contributed by atoms with E-state index in [1.807, 2.05) is 0 Å². The van der Waals surface area contributed by atoms with Crippen LogP contribution in [0, 0.1) is 13.8 Å². The van der Waals surface area contributed by atoms with Crippen LogP contribution >= 0.6 is 0 Å². The average molecular weight is 325 g/mol. The molecule has 0 amide bonds. The Hall–Kier alpha value is -2.37. The standard InChI is InChI=1S/C17H18F3NO2/c1-10-8-16(11(2)7-15(10)22)23-9-12-13(17(18,19)20)5-4-6-14(12)21-3/h4-8,21-22H,9H2,1-3H3. The molecule has 2 aromatic carbocycles. The van der Waals surface area contributed by atoms with Gasteiger partial charge in [-0.15, -0.1) is 0 Å². The number of phenolic OH excluding ortho intramolecular Hbond substituents is 1. The quantitative estimate of drug-likeness (QED) is 0.860. The van der Waals surface area contributed by atoms with Gasteiger partial charge in [-0.3, -0.25) is 0 Å². The molecule has 0 spiro atoms. The predicted molar refractivity (Wildman–Crippen MR) is 82.9 cm³/mol. The molecule has 0 saturated heterocycles. The fraction of sp³-hybridized carbons (Fsp3) is 0.294. The Morgan fingerprint density at radius 1 is 1.13 bits per heavy atom. The number of nitrogens with one attached hydrogen (secondary N) is 1. The number of phenols is 1. The Morgan fingerprint density at radius 2 is 1.83 bits per heavy atom. The third-order valence-electron chi connectivity index (χ3n) is 3.62. The molecular formula is C17H18F3NO2. The van der Waals surface area contributed by atoms with E-state index in [0.29, 0.717) is 22.6 Å². The minimum Gasteiger partial charge on any atom is -0.508 e. The lowest BCUT2D eigenvalue weighted by Gasteiger charge is -2.18. The van der Waals surface area contributed by atoms with Crippen LogP contribution in [0.4, 0.5) is 18.9 Å². The van der Waals surface area contributed by atoms with Crippen molar-refractivity contribution in [1.82, 2.24) is 0 Å². The summed E-state index contributed by atoms with van der Waals surface area (Å²) in [5.41, 5.74) is 0.949. The van der Waals surface area contributed by atoms with Gasteiger partial charge in [-0.2, -0.15) is 13.2 Å². The summed E-state index contributed by atoms with van der Waals surface area (Å²) >= 11 is 0. The zero-order valence-corrected chi connectivity index (χ0v) is 13.1. The molecule has 0 fully saturated rings. The van der Waals surface area contributed by atoms with Crippen LogP contribution in [0.3, 0.4) is 0 Å². The Balaban J connectivity index is 2.35. The van der Waals surface area contributed by atoms with Crippen LogP contribution in [0.5, 0.6) is 11.5 Å². The number of rotatable bonds is 4. The molecule has 2 N–H and O–H groups in total. The van der Waals surface area contributed by atoms with Crippen LogP contribution in [0.2, 0.25) is 0 Å². The lowest BCUT2D eigenvalue weighted by molar-refractivity contribution is -0.138. The van der Waals surface area contributed by atoms with Gasteiger partial charge in [0.15, 0.2) is 0 Å². The molecule has 0 aliphatic carbocycles. The number of hydrogen-bond acceptors (Lipinski definition) is 3. The first-order chi connectivity index (χ1) is 10.7. The topological polar surface area (TPSA) is 41.5 Å². The number of aromatic hydroxyl groups is 1. The molecule has 0 bridgehead atoms. The molecule has 0 atom stereocenters. The molecule has 3 nitrogen and oxygen atoms in total. The van der Waals surface area contributed by atoms with Gasteiger partial charge in [-0.25, -0.2) is 0 Å². The van der Waals surface area contributed by atoms with E-state index < -0.39 is 11.7 Å². The third-order valence-corrected chi connectivity index (χ3v) is 3.62. The first-order valence-corrected chi connectivity index (χ1v) is 7.04. The van der Waals surface area contributed by atoms with Crippen molar-refractivity contribution in [3.63, 3.8) is 0 Å². The maximum Gasteiger partial charge on any atom is 0.416 e. The molecule has 0 unspecified atom stereocenters. The van der Waals surface area contributed by atoms with Crippen LogP contribution in [0.1, 0.15) is 22.3 Å². The lowest BCUT2D eigenvalue weighted by Crippen LogP contribution is -2.13. The maximum atomic E-state index is 13.2. The molecule has 2 rings (SSSR count). The smallest absolute Gasteiger partial charge is 0.416 e. The molecule has 0 aliphatic rings. The number of ether oxygens (including phenoxy) is 1. The second-order valence-corrected chi connectivity index (χ2v) is 5.27. The van der Waals surface area contributed by atoms with E-state index in [1.54, 1.807) is 33.0 Å². The van der Waals surface area contributed by atoms with Crippen LogP contribution in [-0.2, 0) is 12.8 Å². The fourth-order valence-corrected chi connectivity index (χ4v) is 2.32. The van der Waals surface area contributed by atoms with Crippen LogP contribution in [0.15, 0.2) is 30.3 Å². The van der Waals surface area contributed by atoms with Gasteiger partial charge in [0.05, 0.1) is 5.56 Å². The largest absolute Gasteiger partial charge is 0.508 e. The van der Waals surface area contributed by atoms with E-state index >= 15 is 0 Å². The Bertz CT molecular complexity index is 712. The van der Waals surface area contributed by atoms with Crippen molar-refractivity contribution in [2.75, 3.05) is 12.4 Å². The lowest BCUT2D eigenvalue weighted by atomic mass is 10.1. The normalized spacial score (nSPS) is 11.4. The van der Waals surface area contributed by atoms with Gasteiger partial charge in [0.1, 0.15) is 18.1 Å². The van der Waals surface area contributed by atoms with Gasteiger partial charge >= 0.3 is 6.18 Å². The second-order valence-electron chi connectivity index (χ2n) is 5.27. The molecule has 0 radical (unpaired) electrons. The number of benzene rings is 2. The molecule has 0 saturated carbocycles. The number of hydrogen-bond donors (Lipinski definition) is 2. The molecular weight excluding hydrogens is 307 g/mol. The summed E-state index contributed by atoms with van der Waals surface area (Å²) in [6.45, 7) is 3.20. The molecule has 0 heterocycles. The molecule has 6 heteroatoms. The highest BCUT2D eigenvalue weighted by Gasteiger charge is 2.34. The monoisotopic (exact) mass is 325 g/mol. The first-order valence-electron chi connectivity index (χ1n) is 7.04. The summed E-state index contributed by atoms with van der Waals surface area (Å²) < 4.78 is 45.1. The molecule has 0 aliphatic heterocycles. The van der Waals surface area contributed by atoms with Crippen LogP contribution in [-0.4, -0.2) is 12.2 Å². The minimum atomic E-state index is -4.45. The van der Waals surface area contributed by atoms with Crippen molar-refractivity contribution in [2.24, 2.45) is 0 Å². The van der Waals surface area contributed by atoms with E-state index in [0.717, 1.165) is 6.07 Å². The van der Waals surface area contributed by atoms with E-state index in [1.165, 1.54) is 12.1 Å². The maximum absolute atomic E-state index is 13.2. The second kappa shape index (κ2) is 6.40. The summed E-state index contributed by atoms with van der Waals surface area (Å²) in [5, 5.41) is 12.4. The van der Waals surface area contributed by atoms with E-state index in [2.05, 4.69) is 5.32 Å². The van der Waals surface area contributed by atoms with Gasteiger partial charge in [-0.1, -0.05) is 6.07 Å². The first kappa shape index (κ1) is 17.0. The number of alkyl halides is 3. The summed E-state index contributed by atoms with van der Waals surface area (Å²) in [7, 11) is 1.56. The van der Waals surface area contributed by atoms with Crippen LogP contribution in [0.25, 0.3) is 0 Å². The van der Waals surface area contributed by atoms with Crippen molar-refractivity contribution in [1.29, 1.82) is 0 Å².